The van der Waals surface area contributed by atoms with Gasteiger partial charge in [-0.05, 0) is 31.9 Å². The van der Waals surface area contributed by atoms with E-state index in [2.05, 4.69) is 24.9 Å². The molecular weight excluding hydrogens is 260 g/mol. The van der Waals surface area contributed by atoms with Crippen LogP contribution in [0.5, 0.6) is 0 Å². The van der Waals surface area contributed by atoms with E-state index in [1.165, 1.54) is 36.6 Å². The maximum absolute atomic E-state index is 6.07. The summed E-state index contributed by atoms with van der Waals surface area (Å²) in [6.45, 7) is 3.78. The van der Waals surface area contributed by atoms with Crippen molar-refractivity contribution < 1.29 is 4.42 Å². The second-order valence-corrected chi connectivity index (χ2v) is 6.45. The molecule has 1 aliphatic carbocycles. The first-order chi connectivity index (χ1) is 10.2. The van der Waals surface area contributed by atoms with Gasteiger partial charge in [-0.3, -0.25) is 4.90 Å². The van der Waals surface area contributed by atoms with E-state index in [1.807, 2.05) is 18.2 Å². The Kier molecular flexibility index (Phi) is 4.32. The number of nitrogens with two attached hydrogens (primary N) is 1. The second kappa shape index (κ2) is 6.20. The van der Waals surface area contributed by atoms with Crippen molar-refractivity contribution in [3.05, 3.63) is 35.6 Å². The number of fused-ring (bicyclic) bond motifs is 1. The highest BCUT2D eigenvalue weighted by molar-refractivity contribution is 5.82. The predicted molar refractivity (Wildman–Crippen MR) is 87.0 cm³/mol. The number of rotatable bonds is 4. The van der Waals surface area contributed by atoms with Crippen molar-refractivity contribution >= 4 is 11.0 Å². The van der Waals surface area contributed by atoms with Crippen LogP contribution in [-0.2, 0) is 13.1 Å². The van der Waals surface area contributed by atoms with Gasteiger partial charge in [-0.25, -0.2) is 0 Å². The fourth-order valence-corrected chi connectivity index (χ4v) is 3.80. The molecule has 2 atom stereocenters. The van der Waals surface area contributed by atoms with Gasteiger partial charge in [0.05, 0.1) is 6.54 Å². The summed E-state index contributed by atoms with van der Waals surface area (Å²) in [5.74, 6) is 1.81. The molecule has 0 amide bonds. The Morgan fingerprint density at radius 2 is 2.00 bits per heavy atom. The maximum atomic E-state index is 6.07. The van der Waals surface area contributed by atoms with Crippen molar-refractivity contribution in [3.8, 4) is 0 Å². The summed E-state index contributed by atoms with van der Waals surface area (Å²) in [6.07, 6.45) is 5.38. The topological polar surface area (TPSA) is 42.4 Å². The van der Waals surface area contributed by atoms with E-state index in [9.17, 15) is 0 Å². The van der Waals surface area contributed by atoms with Gasteiger partial charge in [0.25, 0.3) is 0 Å². The minimum atomic E-state index is 0.542. The smallest absolute Gasteiger partial charge is 0.134 e. The highest BCUT2D eigenvalue weighted by Gasteiger charge is 2.26. The second-order valence-electron chi connectivity index (χ2n) is 6.45. The van der Waals surface area contributed by atoms with Gasteiger partial charge in [-0.15, -0.1) is 0 Å². The van der Waals surface area contributed by atoms with Crippen LogP contribution < -0.4 is 5.73 Å². The van der Waals surface area contributed by atoms with Crippen LogP contribution in [-0.4, -0.2) is 18.0 Å². The average Bonchev–Trinajstić information content (AvgIpc) is 2.84. The molecule has 1 fully saturated rings. The van der Waals surface area contributed by atoms with Gasteiger partial charge < -0.3 is 10.2 Å². The zero-order chi connectivity index (χ0) is 14.8. The molecule has 3 rings (SSSR count). The normalized spacial score (nSPS) is 23.0. The lowest BCUT2D eigenvalue weighted by Gasteiger charge is -2.36. The quantitative estimate of drug-likeness (QED) is 0.927. The summed E-state index contributed by atoms with van der Waals surface area (Å²) in [5, 5.41) is 1.17. The van der Waals surface area contributed by atoms with Crippen molar-refractivity contribution in [3.63, 3.8) is 0 Å². The molecule has 0 spiro atoms. The van der Waals surface area contributed by atoms with Crippen molar-refractivity contribution in [2.24, 2.45) is 11.7 Å². The molecule has 0 bridgehead atoms. The molecular formula is C18H26N2O. The standard InChI is InChI=1S/C18H26N2O/c1-13-7-3-5-9-16(13)20(2)12-18-15(11-19)14-8-4-6-10-17(14)21-18/h4,6,8,10,13,16H,3,5,7,9,11-12,19H2,1-2H3. The molecule has 2 unspecified atom stereocenters. The van der Waals surface area contributed by atoms with Gasteiger partial charge in [0, 0.05) is 23.5 Å². The molecule has 2 N–H and O–H groups in total. The monoisotopic (exact) mass is 286 g/mol. The fourth-order valence-electron chi connectivity index (χ4n) is 3.80. The lowest BCUT2D eigenvalue weighted by atomic mass is 9.85. The first kappa shape index (κ1) is 14.6. The number of furan rings is 1. The number of hydrogen-bond donors (Lipinski definition) is 1. The first-order valence-electron chi connectivity index (χ1n) is 8.10. The Hall–Kier alpha value is -1.32. The van der Waals surface area contributed by atoms with Crippen LogP contribution in [0.15, 0.2) is 28.7 Å². The van der Waals surface area contributed by atoms with Crippen molar-refractivity contribution in [2.75, 3.05) is 7.05 Å². The number of hydrogen-bond acceptors (Lipinski definition) is 3. The Bertz CT molecular complexity index is 604. The Morgan fingerprint density at radius 1 is 1.24 bits per heavy atom. The molecule has 1 saturated carbocycles. The van der Waals surface area contributed by atoms with Crippen LogP contribution in [0.4, 0.5) is 0 Å². The molecule has 0 aliphatic heterocycles. The van der Waals surface area contributed by atoms with Gasteiger partial charge >= 0.3 is 0 Å². The molecule has 1 aromatic heterocycles. The van der Waals surface area contributed by atoms with E-state index in [4.69, 9.17) is 10.2 Å². The van der Waals surface area contributed by atoms with Crippen LogP contribution in [0, 0.1) is 5.92 Å². The molecule has 1 heterocycles. The largest absolute Gasteiger partial charge is 0.459 e. The summed E-state index contributed by atoms with van der Waals surface area (Å²) in [7, 11) is 2.22. The minimum absolute atomic E-state index is 0.542. The predicted octanol–water partition coefficient (Wildman–Crippen LogP) is 3.90. The van der Waals surface area contributed by atoms with E-state index < -0.39 is 0 Å². The van der Waals surface area contributed by atoms with Crippen molar-refractivity contribution in [1.82, 2.24) is 4.90 Å². The van der Waals surface area contributed by atoms with Crippen LogP contribution in [0.1, 0.15) is 43.9 Å². The van der Waals surface area contributed by atoms with E-state index in [-0.39, 0.29) is 0 Å². The number of nitrogens with zero attached hydrogens (tertiary/aromatic N) is 1. The lowest BCUT2D eigenvalue weighted by Crippen LogP contribution is -2.38. The summed E-state index contributed by atoms with van der Waals surface area (Å²) in [4.78, 5) is 2.46. The van der Waals surface area contributed by atoms with E-state index in [0.29, 0.717) is 12.6 Å². The Labute approximate surface area is 127 Å². The third-order valence-electron chi connectivity index (χ3n) is 5.01. The molecule has 1 aromatic carbocycles. The molecule has 2 aromatic rings. The SMILES string of the molecule is CC1CCCCC1N(C)Cc1oc2ccccc2c1CN. The number of para-hydroxylation sites is 1. The lowest BCUT2D eigenvalue weighted by molar-refractivity contribution is 0.126. The average molecular weight is 286 g/mol. The van der Waals surface area contributed by atoms with Gasteiger partial charge in [0.15, 0.2) is 0 Å². The zero-order valence-electron chi connectivity index (χ0n) is 13.1. The van der Waals surface area contributed by atoms with Crippen LogP contribution in [0.25, 0.3) is 11.0 Å². The number of benzene rings is 1. The summed E-state index contributed by atoms with van der Waals surface area (Å²) < 4.78 is 6.07. The summed E-state index contributed by atoms with van der Waals surface area (Å²) in [6, 6.07) is 8.86. The highest BCUT2D eigenvalue weighted by atomic mass is 16.3. The molecule has 3 nitrogen and oxygen atoms in total. The van der Waals surface area contributed by atoms with E-state index in [1.54, 1.807) is 0 Å². The molecule has 114 valence electrons. The molecule has 0 radical (unpaired) electrons. The van der Waals surface area contributed by atoms with Crippen LogP contribution >= 0.6 is 0 Å². The fraction of sp³-hybridized carbons (Fsp3) is 0.556. The van der Waals surface area contributed by atoms with Crippen LogP contribution in [0.2, 0.25) is 0 Å². The maximum Gasteiger partial charge on any atom is 0.134 e. The Morgan fingerprint density at radius 3 is 2.76 bits per heavy atom. The molecule has 21 heavy (non-hydrogen) atoms. The molecule has 0 saturated heterocycles. The van der Waals surface area contributed by atoms with Gasteiger partial charge in [0.1, 0.15) is 11.3 Å². The van der Waals surface area contributed by atoms with Gasteiger partial charge in [-0.2, -0.15) is 0 Å². The highest BCUT2D eigenvalue weighted by Crippen LogP contribution is 2.31. The van der Waals surface area contributed by atoms with Gasteiger partial charge in [-0.1, -0.05) is 38.0 Å². The zero-order valence-corrected chi connectivity index (χ0v) is 13.1. The molecule has 3 heteroatoms. The van der Waals surface area contributed by atoms with Gasteiger partial charge in [0.2, 0.25) is 0 Å². The summed E-state index contributed by atoms with van der Waals surface area (Å²) >= 11 is 0. The van der Waals surface area contributed by atoms with E-state index in [0.717, 1.165) is 23.8 Å². The summed E-state index contributed by atoms with van der Waals surface area (Å²) in [5.41, 5.74) is 8.09. The van der Waals surface area contributed by atoms with E-state index >= 15 is 0 Å². The van der Waals surface area contributed by atoms with Crippen LogP contribution in [0.3, 0.4) is 0 Å². The molecule has 1 aliphatic rings. The van der Waals surface area contributed by atoms with Crippen molar-refractivity contribution in [1.29, 1.82) is 0 Å². The third-order valence-corrected chi connectivity index (χ3v) is 5.01. The minimum Gasteiger partial charge on any atom is -0.459 e. The van der Waals surface area contributed by atoms with Crippen molar-refractivity contribution in [2.45, 2.75) is 51.7 Å². The first-order valence-corrected chi connectivity index (χ1v) is 8.10. The third kappa shape index (κ3) is 2.85. The Balaban J connectivity index is 1.83.